The number of nitrogens with zero attached hydrogens (tertiary/aromatic N) is 5. The fraction of sp³-hybridized carbons (Fsp3) is 0.360. The van der Waals surface area contributed by atoms with Gasteiger partial charge in [-0.05, 0) is 41.7 Å². The lowest BCUT2D eigenvalue weighted by Gasteiger charge is -2.22. The highest BCUT2D eigenvalue weighted by atomic mass is 16.1. The molecule has 0 amide bonds. The maximum absolute atomic E-state index is 13.0. The number of aryl methyl sites for hydroxylation is 1. The van der Waals surface area contributed by atoms with E-state index < -0.39 is 0 Å². The van der Waals surface area contributed by atoms with Gasteiger partial charge in [-0.3, -0.25) is 9.13 Å². The van der Waals surface area contributed by atoms with Crippen molar-refractivity contribution >= 4 is 0 Å². The molecular formula is C25H28N6O. The fourth-order valence-corrected chi connectivity index (χ4v) is 4.84. The third-order valence-corrected chi connectivity index (χ3v) is 6.56. The number of hydrogen-bond acceptors (Lipinski definition) is 4. The summed E-state index contributed by atoms with van der Waals surface area (Å²) in [6, 6.07) is 16.5. The number of aromatic amines is 1. The second-order valence-electron chi connectivity index (χ2n) is 8.52. The number of aromatic nitrogens is 6. The molecule has 0 radical (unpaired) electrons. The molecule has 7 nitrogen and oxygen atoms in total. The Morgan fingerprint density at radius 1 is 1.00 bits per heavy atom. The number of benzene rings is 2. The Bertz CT molecular complexity index is 1230. The molecule has 1 N–H and O–H groups in total. The van der Waals surface area contributed by atoms with E-state index in [0.717, 1.165) is 22.3 Å². The van der Waals surface area contributed by atoms with Crippen molar-refractivity contribution in [2.45, 2.75) is 58.0 Å². The monoisotopic (exact) mass is 428 g/mol. The van der Waals surface area contributed by atoms with Crippen molar-refractivity contribution in [1.82, 2.24) is 29.8 Å². The highest BCUT2D eigenvalue weighted by Crippen LogP contribution is 2.33. The van der Waals surface area contributed by atoms with Gasteiger partial charge < -0.3 is 0 Å². The van der Waals surface area contributed by atoms with Gasteiger partial charge in [-0.15, -0.1) is 10.2 Å². The van der Waals surface area contributed by atoms with Crippen molar-refractivity contribution in [2.24, 2.45) is 0 Å². The normalized spacial score (nSPS) is 14.7. The van der Waals surface area contributed by atoms with Crippen LogP contribution in [0.15, 0.2) is 59.5 Å². The lowest BCUT2D eigenvalue weighted by molar-refractivity contribution is 0.425. The Labute approximate surface area is 187 Å². The summed E-state index contributed by atoms with van der Waals surface area (Å²) in [6.07, 6.45) is 8.27. The molecule has 1 saturated carbocycles. The minimum absolute atomic E-state index is 0.0969. The molecule has 5 rings (SSSR count). The van der Waals surface area contributed by atoms with Crippen molar-refractivity contribution in [3.8, 4) is 22.5 Å². The molecule has 2 aromatic heterocycles. The Hall–Kier alpha value is -3.48. The molecule has 0 unspecified atom stereocenters. The van der Waals surface area contributed by atoms with Gasteiger partial charge >= 0.3 is 5.69 Å². The van der Waals surface area contributed by atoms with E-state index in [1.54, 1.807) is 0 Å². The molecule has 1 aliphatic carbocycles. The van der Waals surface area contributed by atoms with E-state index in [0.29, 0.717) is 24.8 Å². The first-order chi connectivity index (χ1) is 15.7. The first kappa shape index (κ1) is 20.4. The minimum Gasteiger partial charge on any atom is -0.299 e. The molecule has 0 saturated heterocycles. The second-order valence-corrected chi connectivity index (χ2v) is 8.52. The van der Waals surface area contributed by atoms with Gasteiger partial charge in [-0.1, -0.05) is 67.8 Å². The molecular weight excluding hydrogens is 400 g/mol. The first-order valence-electron chi connectivity index (χ1n) is 11.5. The lowest BCUT2D eigenvalue weighted by atomic mass is 9.87. The number of tetrazole rings is 1. The SMILES string of the molecule is CCn1cc(C2CCCCC2)n(Cc2ccc(-c3ccccc3-c3nn[nH]n3)cc2)c1=O. The average molecular weight is 429 g/mol. The first-order valence-corrected chi connectivity index (χ1v) is 11.5. The van der Waals surface area contributed by atoms with E-state index in [1.807, 2.05) is 34.3 Å². The summed E-state index contributed by atoms with van der Waals surface area (Å²) in [5, 5.41) is 14.5. The Morgan fingerprint density at radius 2 is 1.75 bits per heavy atom. The second kappa shape index (κ2) is 8.94. The van der Waals surface area contributed by atoms with Crippen LogP contribution in [0.1, 0.15) is 56.2 Å². The van der Waals surface area contributed by atoms with Crippen LogP contribution in [-0.4, -0.2) is 29.8 Å². The van der Waals surface area contributed by atoms with Crippen LogP contribution in [0.3, 0.4) is 0 Å². The Morgan fingerprint density at radius 3 is 2.44 bits per heavy atom. The van der Waals surface area contributed by atoms with Gasteiger partial charge in [0.05, 0.1) is 6.54 Å². The van der Waals surface area contributed by atoms with Crippen molar-refractivity contribution in [2.75, 3.05) is 0 Å². The largest absolute Gasteiger partial charge is 0.328 e. The van der Waals surface area contributed by atoms with Crippen LogP contribution in [0.25, 0.3) is 22.5 Å². The number of rotatable bonds is 6. The summed E-state index contributed by atoms with van der Waals surface area (Å²) >= 11 is 0. The third kappa shape index (κ3) is 3.90. The highest BCUT2D eigenvalue weighted by Gasteiger charge is 2.22. The van der Waals surface area contributed by atoms with Gasteiger partial charge in [-0.2, -0.15) is 5.21 Å². The number of hydrogen-bond donors (Lipinski definition) is 1. The fourth-order valence-electron chi connectivity index (χ4n) is 4.84. The minimum atomic E-state index is 0.0969. The molecule has 7 heteroatoms. The predicted octanol–water partition coefficient (Wildman–Crippen LogP) is 4.61. The number of imidazole rings is 1. The van der Waals surface area contributed by atoms with Crippen LogP contribution in [0.2, 0.25) is 0 Å². The maximum atomic E-state index is 13.0. The molecule has 164 valence electrons. The predicted molar refractivity (Wildman–Crippen MR) is 124 cm³/mol. The molecule has 32 heavy (non-hydrogen) atoms. The Balaban J connectivity index is 1.44. The smallest absolute Gasteiger partial charge is 0.299 e. The van der Waals surface area contributed by atoms with Crippen molar-refractivity contribution in [3.05, 3.63) is 76.5 Å². The number of H-pyrrole nitrogens is 1. The molecule has 0 bridgehead atoms. The van der Waals surface area contributed by atoms with E-state index in [2.05, 4.69) is 57.2 Å². The van der Waals surface area contributed by atoms with Crippen molar-refractivity contribution in [3.63, 3.8) is 0 Å². The quantitative estimate of drug-likeness (QED) is 0.486. The van der Waals surface area contributed by atoms with Gasteiger partial charge in [-0.25, -0.2) is 4.79 Å². The Kier molecular flexibility index (Phi) is 5.71. The standard InChI is InChI=1S/C25H28N6O/c1-2-30-17-23(20-8-4-3-5-9-20)31(25(30)32)16-18-12-14-19(15-13-18)21-10-6-7-11-22(21)24-26-28-29-27-24/h6-7,10-15,17,20H,2-5,8-9,16H2,1H3,(H,26,27,28,29). The topological polar surface area (TPSA) is 81.4 Å². The van der Waals surface area contributed by atoms with Gasteiger partial charge in [0.1, 0.15) is 0 Å². The molecule has 2 heterocycles. The van der Waals surface area contributed by atoms with Gasteiger partial charge in [0, 0.05) is 29.9 Å². The van der Waals surface area contributed by atoms with E-state index in [9.17, 15) is 4.79 Å². The summed E-state index contributed by atoms with van der Waals surface area (Å²) in [7, 11) is 0. The van der Waals surface area contributed by atoms with Gasteiger partial charge in [0.2, 0.25) is 5.82 Å². The molecule has 0 aliphatic heterocycles. The van der Waals surface area contributed by atoms with Crippen LogP contribution in [-0.2, 0) is 13.1 Å². The van der Waals surface area contributed by atoms with Crippen molar-refractivity contribution in [1.29, 1.82) is 0 Å². The van der Waals surface area contributed by atoms with Crippen molar-refractivity contribution < 1.29 is 0 Å². The third-order valence-electron chi connectivity index (χ3n) is 6.56. The molecule has 4 aromatic rings. The summed E-state index contributed by atoms with van der Waals surface area (Å²) in [5.74, 6) is 1.07. The van der Waals surface area contributed by atoms with Crippen LogP contribution < -0.4 is 5.69 Å². The molecule has 0 atom stereocenters. The van der Waals surface area contributed by atoms with Crippen LogP contribution in [0.4, 0.5) is 0 Å². The average Bonchev–Trinajstić information content (AvgIpc) is 3.49. The lowest BCUT2D eigenvalue weighted by Crippen LogP contribution is -2.26. The van der Waals surface area contributed by atoms with E-state index in [1.165, 1.54) is 37.8 Å². The summed E-state index contributed by atoms with van der Waals surface area (Å²) in [6.45, 7) is 3.34. The van der Waals surface area contributed by atoms with Crippen LogP contribution >= 0.6 is 0 Å². The molecule has 2 aromatic carbocycles. The number of nitrogens with one attached hydrogen (secondary N) is 1. The van der Waals surface area contributed by atoms with E-state index in [-0.39, 0.29) is 5.69 Å². The molecule has 0 spiro atoms. The van der Waals surface area contributed by atoms with E-state index >= 15 is 0 Å². The highest BCUT2D eigenvalue weighted by molar-refractivity contribution is 5.80. The zero-order valence-corrected chi connectivity index (χ0v) is 18.4. The zero-order chi connectivity index (χ0) is 21.9. The van der Waals surface area contributed by atoms with Crippen LogP contribution in [0.5, 0.6) is 0 Å². The zero-order valence-electron chi connectivity index (χ0n) is 18.4. The van der Waals surface area contributed by atoms with Gasteiger partial charge in [0.25, 0.3) is 0 Å². The summed E-state index contributed by atoms with van der Waals surface area (Å²) in [4.78, 5) is 13.0. The maximum Gasteiger partial charge on any atom is 0.328 e. The summed E-state index contributed by atoms with van der Waals surface area (Å²) < 4.78 is 3.83. The summed E-state index contributed by atoms with van der Waals surface area (Å²) in [5.41, 5.74) is 5.49. The van der Waals surface area contributed by atoms with Gasteiger partial charge in [0.15, 0.2) is 0 Å². The molecule has 1 fully saturated rings. The van der Waals surface area contributed by atoms with E-state index in [4.69, 9.17) is 0 Å². The molecule has 1 aliphatic rings. The van der Waals surface area contributed by atoms with Crippen LogP contribution in [0, 0.1) is 0 Å².